The van der Waals surface area contributed by atoms with E-state index in [9.17, 15) is 4.79 Å². The standard InChI is InChI=1S/C25H42N2O3/c1-6-8-13-25(5,30-15-7-2)24(28)26-22-9-11-23(12-10-22)29-16-14-27-18-20(3)17-21(4)19-27/h9-12,20-21H,6-8,13-19H2,1-5H3,(H,26,28)/t20-,21-,25-/m1/s1. The van der Waals surface area contributed by atoms with E-state index in [0.29, 0.717) is 13.2 Å². The van der Waals surface area contributed by atoms with E-state index in [1.54, 1.807) is 0 Å². The number of hydrogen-bond donors (Lipinski definition) is 1. The molecule has 1 fully saturated rings. The summed E-state index contributed by atoms with van der Waals surface area (Å²) in [5.41, 5.74) is -0.0157. The van der Waals surface area contributed by atoms with Crippen LogP contribution >= 0.6 is 0 Å². The van der Waals surface area contributed by atoms with Gasteiger partial charge in [-0.15, -0.1) is 0 Å². The van der Waals surface area contributed by atoms with Crippen LogP contribution in [0.5, 0.6) is 5.75 Å². The van der Waals surface area contributed by atoms with Crippen molar-refractivity contribution in [3.63, 3.8) is 0 Å². The molecule has 0 bridgehead atoms. The predicted molar refractivity (Wildman–Crippen MR) is 124 cm³/mol. The predicted octanol–water partition coefficient (Wildman–Crippen LogP) is 5.36. The first kappa shape index (κ1) is 24.7. The van der Waals surface area contributed by atoms with Gasteiger partial charge in [-0.3, -0.25) is 9.69 Å². The molecular weight excluding hydrogens is 376 g/mol. The molecule has 1 heterocycles. The van der Waals surface area contributed by atoms with Crippen molar-refractivity contribution in [2.75, 3.05) is 38.2 Å². The number of rotatable bonds is 12. The first-order chi connectivity index (χ1) is 14.4. The van der Waals surface area contributed by atoms with E-state index in [4.69, 9.17) is 9.47 Å². The zero-order valence-corrected chi connectivity index (χ0v) is 19.7. The summed E-state index contributed by atoms with van der Waals surface area (Å²) < 4.78 is 11.9. The minimum absolute atomic E-state index is 0.0774. The van der Waals surface area contributed by atoms with E-state index in [0.717, 1.165) is 68.6 Å². The summed E-state index contributed by atoms with van der Waals surface area (Å²) >= 11 is 0. The second kappa shape index (κ2) is 12.3. The number of benzene rings is 1. The number of piperidine rings is 1. The Morgan fingerprint density at radius 3 is 2.37 bits per heavy atom. The van der Waals surface area contributed by atoms with Crippen molar-refractivity contribution in [3.05, 3.63) is 24.3 Å². The molecule has 30 heavy (non-hydrogen) atoms. The normalized spacial score (nSPS) is 21.8. The van der Waals surface area contributed by atoms with Crippen LogP contribution in [-0.4, -0.2) is 49.3 Å². The highest BCUT2D eigenvalue weighted by atomic mass is 16.5. The Morgan fingerprint density at radius 2 is 1.77 bits per heavy atom. The summed E-state index contributed by atoms with van der Waals surface area (Å²) in [6.45, 7) is 15.3. The van der Waals surface area contributed by atoms with E-state index in [1.165, 1.54) is 6.42 Å². The molecule has 1 aliphatic rings. The van der Waals surface area contributed by atoms with Gasteiger partial charge in [0, 0.05) is 31.9 Å². The third-order valence-electron chi connectivity index (χ3n) is 5.85. The Labute approximate surface area is 183 Å². The van der Waals surface area contributed by atoms with Gasteiger partial charge in [0.25, 0.3) is 5.91 Å². The largest absolute Gasteiger partial charge is 0.492 e. The summed E-state index contributed by atoms with van der Waals surface area (Å²) in [5, 5.41) is 3.02. The number of nitrogens with one attached hydrogen (secondary N) is 1. The Hall–Kier alpha value is -1.59. The maximum Gasteiger partial charge on any atom is 0.256 e. The van der Waals surface area contributed by atoms with Crippen molar-refractivity contribution in [2.24, 2.45) is 11.8 Å². The molecule has 2 rings (SSSR count). The fourth-order valence-electron chi connectivity index (χ4n) is 4.26. The first-order valence-electron chi connectivity index (χ1n) is 11.8. The summed E-state index contributed by atoms with van der Waals surface area (Å²) in [7, 11) is 0. The van der Waals surface area contributed by atoms with E-state index in [1.807, 2.05) is 31.2 Å². The summed E-state index contributed by atoms with van der Waals surface area (Å²) in [6.07, 6.45) is 4.96. The molecule has 170 valence electrons. The van der Waals surface area contributed by atoms with E-state index >= 15 is 0 Å². The van der Waals surface area contributed by atoms with Gasteiger partial charge in [0.05, 0.1) is 0 Å². The first-order valence-corrected chi connectivity index (χ1v) is 11.8. The topological polar surface area (TPSA) is 50.8 Å². The zero-order valence-electron chi connectivity index (χ0n) is 19.7. The number of unbranched alkanes of at least 4 members (excludes halogenated alkanes) is 1. The van der Waals surface area contributed by atoms with Crippen molar-refractivity contribution >= 4 is 11.6 Å². The third kappa shape index (κ3) is 7.92. The molecule has 1 saturated heterocycles. The highest BCUT2D eigenvalue weighted by Gasteiger charge is 2.33. The minimum Gasteiger partial charge on any atom is -0.492 e. The van der Waals surface area contributed by atoms with Crippen LogP contribution in [0.4, 0.5) is 5.69 Å². The smallest absolute Gasteiger partial charge is 0.256 e. The number of likely N-dealkylation sites (tertiary alicyclic amines) is 1. The molecule has 1 aromatic carbocycles. The number of ether oxygens (including phenoxy) is 2. The maximum absolute atomic E-state index is 12.9. The molecule has 5 nitrogen and oxygen atoms in total. The van der Waals surface area contributed by atoms with Gasteiger partial charge >= 0.3 is 0 Å². The molecule has 1 amide bonds. The average molecular weight is 419 g/mol. The van der Waals surface area contributed by atoms with Crippen LogP contribution in [0.25, 0.3) is 0 Å². The molecule has 0 aliphatic carbocycles. The second-order valence-electron chi connectivity index (χ2n) is 9.22. The lowest BCUT2D eigenvalue weighted by Crippen LogP contribution is -2.43. The van der Waals surface area contributed by atoms with Gasteiger partial charge < -0.3 is 14.8 Å². The maximum atomic E-state index is 12.9. The van der Waals surface area contributed by atoms with Crippen LogP contribution in [0.1, 0.15) is 66.7 Å². The number of amides is 1. The van der Waals surface area contributed by atoms with Crippen LogP contribution in [0.15, 0.2) is 24.3 Å². The molecule has 1 aromatic rings. The van der Waals surface area contributed by atoms with E-state index < -0.39 is 5.60 Å². The lowest BCUT2D eigenvalue weighted by molar-refractivity contribution is -0.140. The molecule has 1 aliphatic heterocycles. The molecule has 1 N–H and O–H groups in total. The van der Waals surface area contributed by atoms with Crippen molar-refractivity contribution in [1.82, 2.24) is 4.90 Å². The minimum atomic E-state index is -0.788. The number of carbonyl (C=O) groups excluding carboxylic acids is 1. The Morgan fingerprint density at radius 1 is 1.10 bits per heavy atom. The van der Waals surface area contributed by atoms with Crippen molar-refractivity contribution < 1.29 is 14.3 Å². The van der Waals surface area contributed by atoms with Crippen LogP contribution in [0.2, 0.25) is 0 Å². The van der Waals surface area contributed by atoms with Gasteiger partial charge in [0.15, 0.2) is 0 Å². The molecule has 5 heteroatoms. The molecule has 0 unspecified atom stereocenters. The summed E-state index contributed by atoms with van der Waals surface area (Å²) in [6, 6.07) is 7.65. The van der Waals surface area contributed by atoms with Gasteiger partial charge in [0.2, 0.25) is 0 Å². The average Bonchev–Trinajstić information content (AvgIpc) is 2.71. The molecule has 0 saturated carbocycles. The lowest BCUT2D eigenvalue weighted by Gasteiger charge is -2.34. The van der Waals surface area contributed by atoms with Crippen molar-refractivity contribution in [3.8, 4) is 5.75 Å². The summed E-state index contributed by atoms with van der Waals surface area (Å²) in [4.78, 5) is 15.4. The van der Waals surface area contributed by atoms with Crippen molar-refractivity contribution in [1.29, 1.82) is 0 Å². The SMILES string of the molecule is CCCC[C@@](C)(OCCC)C(=O)Nc1ccc(OCCN2C[C@H](C)C[C@@H](C)C2)cc1. The molecule has 0 spiro atoms. The highest BCUT2D eigenvalue weighted by molar-refractivity contribution is 5.97. The van der Waals surface area contributed by atoms with E-state index in [2.05, 4.69) is 37.9 Å². The van der Waals surface area contributed by atoms with Crippen LogP contribution < -0.4 is 10.1 Å². The Balaban J connectivity index is 1.83. The van der Waals surface area contributed by atoms with Gasteiger partial charge in [-0.25, -0.2) is 0 Å². The van der Waals surface area contributed by atoms with Crippen LogP contribution in [0, 0.1) is 11.8 Å². The van der Waals surface area contributed by atoms with Crippen LogP contribution in [0.3, 0.4) is 0 Å². The molecule has 3 atom stereocenters. The van der Waals surface area contributed by atoms with Gasteiger partial charge in [-0.1, -0.05) is 40.5 Å². The van der Waals surface area contributed by atoms with E-state index in [-0.39, 0.29) is 5.91 Å². The van der Waals surface area contributed by atoms with Gasteiger partial charge in [-0.2, -0.15) is 0 Å². The highest BCUT2D eigenvalue weighted by Crippen LogP contribution is 2.24. The molecule has 0 aromatic heterocycles. The quantitative estimate of drug-likeness (QED) is 0.497. The number of carbonyl (C=O) groups is 1. The Kier molecular flexibility index (Phi) is 10.1. The monoisotopic (exact) mass is 418 g/mol. The lowest BCUT2D eigenvalue weighted by atomic mass is 9.92. The van der Waals surface area contributed by atoms with Gasteiger partial charge in [0.1, 0.15) is 18.0 Å². The number of nitrogens with zero attached hydrogens (tertiary/aromatic N) is 1. The van der Waals surface area contributed by atoms with Crippen molar-refractivity contribution in [2.45, 2.75) is 72.3 Å². The third-order valence-corrected chi connectivity index (χ3v) is 5.85. The fraction of sp³-hybridized carbons (Fsp3) is 0.720. The fourth-order valence-corrected chi connectivity index (χ4v) is 4.26. The summed E-state index contributed by atoms with van der Waals surface area (Å²) in [5.74, 6) is 2.29. The van der Waals surface area contributed by atoms with Crippen LogP contribution in [-0.2, 0) is 9.53 Å². The molecule has 0 radical (unpaired) electrons. The number of hydrogen-bond acceptors (Lipinski definition) is 4. The zero-order chi connectivity index (χ0) is 22.0. The van der Waals surface area contributed by atoms with Gasteiger partial charge in [-0.05, 0) is 62.3 Å². The molecular formula is C25H42N2O3. The Bertz CT molecular complexity index is 614. The number of anilines is 1. The second-order valence-corrected chi connectivity index (χ2v) is 9.22.